The minimum absolute atomic E-state index is 0.332. The largest absolute Gasteiger partial charge is 0.491 e. The molecule has 6 nitrogen and oxygen atoms in total. The van der Waals surface area contributed by atoms with E-state index in [1.54, 1.807) is 23.5 Å². The first-order chi connectivity index (χ1) is 13.5. The lowest BCUT2D eigenvalue weighted by Gasteiger charge is -2.11. The van der Waals surface area contributed by atoms with Crippen LogP contribution in [-0.2, 0) is 20.7 Å². The Hall–Kier alpha value is -2.51. The van der Waals surface area contributed by atoms with Gasteiger partial charge in [0.05, 0.1) is 18.7 Å². The minimum atomic E-state index is -0.627. The van der Waals surface area contributed by atoms with Gasteiger partial charge in [-0.05, 0) is 48.6 Å². The molecule has 0 aliphatic rings. The van der Waals surface area contributed by atoms with Gasteiger partial charge in [-0.25, -0.2) is 4.79 Å². The molecule has 0 atom stereocenters. The molecule has 8 heteroatoms. The number of benzene rings is 1. The third-order valence-electron chi connectivity index (χ3n) is 3.57. The molecule has 1 N–H and O–H groups in total. The van der Waals surface area contributed by atoms with Gasteiger partial charge >= 0.3 is 5.97 Å². The Morgan fingerprint density at radius 2 is 2.14 bits per heavy atom. The Kier molecular flexibility index (Phi) is 8.84. The smallest absolute Gasteiger partial charge is 0.331 e. The maximum absolute atomic E-state index is 11.8. The molecule has 28 heavy (non-hydrogen) atoms. The van der Waals surface area contributed by atoms with Crippen molar-refractivity contribution >= 4 is 40.9 Å². The van der Waals surface area contributed by atoms with Gasteiger partial charge in [-0.1, -0.05) is 17.7 Å². The monoisotopic (exact) mass is 423 g/mol. The van der Waals surface area contributed by atoms with Gasteiger partial charge in [-0.2, -0.15) is 0 Å². The molecule has 0 saturated carbocycles. The van der Waals surface area contributed by atoms with Gasteiger partial charge in [0.15, 0.2) is 18.1 Å². The van der Waals surface area contributed by atoms with E-state index in [9.17, 15) is 9.59 Å². The molecule has 2 rings (SSSR count). The number of hydrogen-bond donors (Lipinski definition) is 1. The molecular formula is C20H22ClNO5S. The van der Waals surface area contributed by atoms with Crippen molar-refractivity contribution in [1.82, 2.24) is 5.32 Å². The summed E-state index contributed by atoms with van der Waals surface area (Å²) in [5, 5.41) is 5.06. The molecular weight excluding hydrogens is 402 g/mol. The highest BCUT2D eigenvalue weighted by atomic mass is 35.5. The summed E-state index contributed by atoms with van der Waals surface area (Å²) in [5.41, 5.74) is 0.645. The molecule has 0 aliphatic carbocycles. The first kappa shape index (κ1) is 21.8. The third kappa shape index (κ3) is 6.90. The summed E-state index contributed by atoms with van der Waals surface area (Å²) in [6.45, 7) is 2.46. The van der Waals surface area contributed by atoms with Crippen molar-refractivity contribution in [3.63, 3.8) is 0 Å². The van der Waals surface area contributed by atoms with E-state index >= 15 is 0 Å². The zero-order valence-electron chi connectivity index (χ0n) is 15.7. The number of carbonyl (C=O) groups excluding carboxylic acids is 2. The zero-order chi connectivity index (χ0) is 20.4. The molecule has 1 amide bonds. The van der Waals surface area contributed by atoms with Crippen LogP contribution in [0.4, 0.5) is 0 Å². The standard InChI is InChI=1S/C20H22ClNO5S/c1-3-26-17-12-14(11-16(21)20(17)25-2)6-7-19(24)27-13-18(23)22-9-8-15-5-4-10-28-15/h4-7,10-12H,3,8-9,13H2,1-2H3,(H,22,23)/b7-6+. The number of nitrogens with one attached hydrogen (secondary N) is 1. The van der Waals surface area contributed by atoms with Crippen LogP contribution >= 0.6 is 22.9 Å². The summed E-state index contributed by atoms with van der Waals surface area (Å²) in [5.74, 6) is -0.0548. The van der Waals surface area contributed by atoms with Crippen molar-refractivity contribution in [3.05, 3.63) is 51.2 Å². The van der Waals surface area contributed by atoms with Gasteiger partial charge in [-0.15, -0.1) is 11.3 Å². The molecule has 0 spiro atoms. The predicted octanol–water partition coefficient (Wildman–Crippen LogP) is 3.72. The van der Waals surface area contributed by atoms with Crippen LogP contribution in [0.2, 0.25) is 5.02 Å². The first-order valence-corrected chi connectivity index (χ1v) is 9.93. The number of ether oxygens (including phenoxy) is 3. The van der Waals surface area contributed by atoms with Crippen LogP contribution in [0, 0.1) is 0 Å². The Morgan fingerprint density at radius 3 is 2.82 bits per heavy atom. The Bertz CT molecular complexity index is 820. The summed E-state index contributed by atoms with van der Waals surface area (Å²) in [4.78, 5) is 24.7. The molecule has 1 aromatic carbocycles. The average molecular weight is 424 g/mol. The summed E-state index contributed by atoms with van der Waals surface area (Å²) >= 11 is 7.80. The molecule has 0 fully saturated rings. The summed E-state index contributed by atoms with van der Waals surface area (Å²) in [6.07, 6.45) is 3.51. The fourth-order valence-corrected chi connectivity index (χ4v) is 3.33. The van der Waals surface area contributed by atoms with Gasteiger partial charge in [0, 0.05) is 17.5 Å². The molecule has 0 bridgehead atoms. The maximum Gasteiger partial charge on any atom is 0.331 e. The number of methoxy groups -OCH3 is 1. The molecule has 0 unspecified atom stereocenters. The van der Waals surface area contributed by atoms with E-state index in [4.69, 9.17) is 25.8 Å². The normalized spacial score (nSPS) is 10.7. The van der Waals surface area contributed by atoms with Crippen LogP contribution < -0.4 is 14.8 Å². The molecule has 0 radical (unpaired) electrons. The highest BCUT2D eigenvalue weighted by Gasteiger charge is 2.11. The second-order valence-electron chi connectivity index (χ2n) is 5.59. The SMILES string of the molecule is CCOc1cc(/C=C/C(=O)OCC(=O)NCCc2cccs2)cc(Cl)c1OC. The number of hydrogen-bond acceptors (Lipinski definition) is 6. The van der Waals surface area contributed by atoms with Crippen LogP contribution in [0.3, 0.4) is 0 Å². The van der Waals surface area contributed by atoms with E-state index in [2.05, 4.69) is 5.32 Å². The van der Waals surface area contributed by atoms with Crippen molar-refractivity contribution in [2.75, 3.05) is 26.9 Å². The van der Waals surface area contributed by atoms with Crippen molar-refractivity contribution in [2.24, 2.45) is 0 Å². The number of amides is 1. The number of halogens is 1. The van der Waals surface area contributed by atoms with Crippen LogP contribution in [0.1, 0.15) is 17.4 Å². The highest BCUT2D eigenvalue weighted by Crippen LogP contribution is 2.36. The summed E-state index contributed by atoms with van der Waals surface area (Å²) in [6, 6.07) is 7.31. The topological polar surface area (TPSA) is 73.9 Å². The molecule has 2 aromatic rings. The molecule has 0 aliphatic heterocycles. The van der Waals surface area contributed by atoms with Gasteiger partial charge in [0.2, 0.25) is 0 Å². The highest BCUT2D eigenvalue weighted by molar-refractivity contribution is 7.09. The Labute approximate surface area is 173 Å². The molecule has 1 heterocycles. The molecule has 1 aromatic heterocycles. The van der Waals surface area contributed by atoms with E-state index in [1.165, 1.54) is 24.1 Å². The van der Waals surface area contributed by atoms with Gasteiger partial charge < -0.3 is 19.5 Å². The molecule has 150 valence electrons. The van der Waals surface area contributed by atoms with E-state index in [0.29, 0.717) is 35.2 Å². The Morgan fingerprint density at radius 1 is 1.32 bits per heavy atom. The van der Waals surface area contributed by atoms with Crippen molar-refractivity contribution in [2.45, 2.75) is 13.3 Å². The van der Waals surface area contributed by atoms with Gasteiger partial charge in [-0.3, -0.25) is 4.79 Å². The van der Waals surface area contributed by atoms with Gasteiger partial charge in [0.25, 0.3) is 5.91 Å². The van der Waals surface area contributed by atoms with Crippen LogP contribution in [0.5, 0.6) is 11.5 Å². The van der Waals surface area contributed by atoms with Crippen LogP contribution in [0.25, 0.3) is 6.08 Å². The average Bonchev–Trinajstić information content (AvgIpc) is 3.18. The van der Waals surface area contributed by atoms with E-state index in [-0.39, 0.29) is 12.5 Å². The quantitative estimate of drug-likeness (QED) is 0.465. The second-order valence-corrected chi connectivity index (χ2v) is 7.03. The van der Waals surface area contributed by atoms with Crippen molar-refractivity contribution < 1.29 is 23.8 Å². The van der Waals surface area contributed by atoms with E-state index in [1.807, 2.05) is 24.4 Å². The first-order valence-electron chi connectivity index (χ1n) is 8.67. The fourth-order valence-electron chi connectivity index (χ4n) is 2.33. The number of rotatable bonds is 10. The van der Waals surface area contributed by atoms with Crippen molar-refractivity contribution in [3.8, 4) is 11.5 Å². The number of esters is 1. The summed E-state index contributed by atoms with van der Waals surface area (Å²) in [7, 11) is 1.50. The van der Waals surface area contributed by atoms with Crippen molar-refractivity contribution in [1.29, 1.82) is 0 Å². The van der Waals surface area contributed by atoms with Crippen LogP contribution in [-0.4, -0.2) is 38.7 Å². The lowest BCUT2D eigenvalue weighted by Crippen LogP contribution is -2.30. The molecule has 0 saturated heterocycles. The number of carbonyl (C=O) groups is 2. The summed E-state index contributed by atoms with van der Waals surface area (Å²) < 4.78 is 15.6. The lowest BCUT2D eigenvalue weighted by atomic mass is 10.2. The van der Waals surface area contributed by atoms with Gasteiger partial charge in [0.1, 0.15) is 0 Å². The van der Waals surface area contributed by atoms with E-state index < -0.39 is 5.97 Å². The minimum Gasteiger partial charge on any atom is -0.491 e. The van der Waals surface area contributed by atoms with Crippen LogP contribution in [0.15, 0.2) is 35.7 Å². The number of thiophene rings is 1. The fraction of sp³-hybridized carbons (Fsp3) is 0.300. The van der Waals surface area contributed by atoms with E-state index in [0.717, 1.165) is 6.42 Å². The lowest BCUT2D eigenvalue weighted by molar-refractivity contribution is -0.143. The third-order valence-corrected chi connectivity index (χ3v) is 4.78. The zero-order valence-corrected chi connectivity index (χ0v) is 17.3. The Balaban J connectivity index is 1.81. The predicted molar refractivity (Wildman–Crippen MR) is 110 cm³/mol. The maximum atomic E-state index is 11.8. The second kappa shape index (κ2) is 11.4.